The molecule has 0 radical (unpaired) electrons. The summed E-state index contributed by atoms with van der Waals surface area (Å²) < 4.78 is 5.92. The number of hydrogen-bond donors (Lipinski definition) is 4. The van der Waals surface area contributed by atoms with E-state index in [9.17, 15) is 24.3 Å². The Hall–Kier alpha value is -3.83. The van der Waals surface area contributed by atoms with E-state index in [1.165, 1.54) is 5.01 Å². The van der Waals surface area contributed by atoms with Crippen LogP contribution in [0.25, 0.3) is 17.0 Å². The number of benzene rings is 1. The number of esters is 1. The van der Waals surface area contributed by atoms with Gasteiger partial charge >= 0.3 is 5.97 Å². The lowest BCUT2D eigenvalue weighted by Gasteiger charge is -2.35. The average Bonchev–Trinajstić information content (AvgIpc) is 3.78. The van der Waals surface area contributed by atoms with Crippen molar-refractivity contribution in [3.05, 3.63) is 47.7 Å². The van der Waals surface area contributed by atoms with Gasteiger partial charge in [0.05, 0.1) is 28.8 Å². The zero-order chi connectivity index (χ0) is 30.3. The number of fused-ring (bicyclic) bond motifs is 4. The molecule has 1 aromatic heterocycles. The van der Waals surface area contributed by atoms with Gasteiger partial charge in [-0.2, -0.15) is 0 Å². The van der Waals surface area contributed by atoms with Crippen molar-refractivity contribution in [1.29, 1.82) is 0 Å². The summed E-state index contributed by atoms with van der Waals surface area (Å²) in [5.41, 5.74) is 4.21. The van der Waals surface area contributed by atoms with Crippen molar-refractivity contribution in [1.82, 2.24) is 26.1 Å². The summed E-state index contributed by atoms with van der Waals surface area (Å²) in [5.74, 6) is -1.80. The Morgan fingerprint density at radius 3 is 2.49 bits per heavy atom. The Kier molecular flexibility index (Phi) is 7.95. The molecule has 3 unspecified atom stereocenters. The fourth-order valence-corrected chi connectivity index (χ4v) is 6.31. The average molecular weight is 590 g/mol. The van der Waals surface area contributed by atoms with Crippen molar-refractivity contribution in [2.45, 2.75) is 89.1 Å². The number of aromatic nitrogens is 1. The molecule has 228 valence electrons. The minimum absolute atomic E-state index is 0.121. The van der Waals surface area contributed by atoms with Crippen molar-refractivity contribution >= 4 is 40.7 Å². The van der Waals surface area contributed by atoms with Crippen LogP contribution in [0.15, 0.2) is 36.4 Å². The number of aliphatic hydroxyl groups is 1. The van der Waals surface area contributed by atoms with E-state index in [0.29, 0.717) is 37.9 Å². The van der Waals surface area contributed by atoms with Gasteiger partial charge in [0.2, 0.25) is 5.91 Å². The zero-order valence-electron chi connectivity index (χ0n) is 24.5. The van der Waals surface area contributed by atoms with Gasteiger partial charge in [-0.05, 0) is 76.5 Å². The molecule has 6 atom stereocenters. The van der Waals surface area contributed by atoms with Crippen molar-refractivity contribution < 1.29 is 29.0 Å². The molecule has 11 heteroatoms. The topological polar surface area (TPSA) is 150 Å². The molecule has 2 aromatic rings. The lowest BCUT2D eigenvalue weighted by molar-refractivity contribution is -0.165. The van der Waals surface area contributed by atoms with E-state index in [1.807, 2.05) is 43.3 Å². The van der Waals surface area contributed by atoms with Crippen LogP contribution in [0.2, 0.25) is 0 Å². The number of hydrazine groups is 1. The van der Waals surface area contributed by atoms with E-state index in [4.69, 9.17) is 9.72 Å². The van der Waals surface area contributed by atoms with E-state index in [2.05, 4.69) is 16.1 Å². The Bertz CT molecular complexity index is 1470. The molecule has 6 rings (SSSR count). The quantitative estimate of drug-likeness (QED) is 0.370. The number of pyridine rings is 1. The van der Waals surface area contributed by atoms with Crippen LogP contribution in [0, 0.1) is 11.3 Å². The lowest BCUT2D eigenvalue weighted by Crippen LogP contribution is -2.61. The number of rotatable bonds is 1. The second-order valence-corrected chi connectivity index (χ2v) is 12.5. The zero-order valence-corrected chi connectivity index (χ0v) is 24.5. The molecule has 3 heterocycles. The number of carbonyl (C=O) groups excluding carboxylic acids is 4. The first kappa shape index (κ1) is 29.3. The highest BCUT2D eigenvalue weighted by Crippen LogP contribution is 2.43. The molecule has 2 aliphatic carbocycles. The summed E-state index contributed by atoms with van der Waals surface area (Å²) in [6.45, 7) is 3.85. The number of amides is 3. The number of ether oxygens (including phenoxy) is 1. The monoisotopic (exact) mass is 589 g/mol. The maximum atomic E-state index is 13.8. The lowest BCUT2D eigenvalue weighted by atomic mass is 9.85. The minimum atomic E-state index is -1.08. The van der Waals surface area contributed by atoms with Gasteiger partial charge in [-0.25, -0.2) is 5.43 Å². The fraction of sp³-hybridized carbons (Fsp3) is 0.531. The van der Waals surface area contributed by atoms with E-state index < -0.39 is 41.6 Å². The Labute approximate surface area is 250 Å². The van der Waals surface area contributed by atoms with E-state index in [0.717, 1.165) is 29.3 Å². The molecule has 1 aromatic carbocycles. The van der Waals surface area contributed by atoms with Crippen molar-refractivity contribution in [2.24, 2.45) is 11.3 Å². The highest BCUT2D eigenvalue weighted by Gasteiger charge is 2.48. The van der Waals surface area contributed by atoms with Crippen molar-refractivity contribution in [3.63, 3.8) is 0 Å². The van der Waals surface area contributed by atoms with Gasteiger partial charge in [0.1, 0.15) is 12.1 Å². The number of nitrogens with zero attached hydrogens (tertiary/aromatic N) is 2. The van der Waals surface area contributed by atoms with Crippen LogP contribution < -0.4 is 16.1 Å². The smallest absolute Gasteiger partial charge is 0.316 e. The normalized spacial score (nSPS) is 33.3. The molecule has 43 heavy (non-hydrogen) atoms. The molecule has 3 fully saturated rings. The van der Waals surface area contributed by atoms with E-state index >= 15 is 0 Å². The molecular weight excluding hydrogens is 550 g/mol. The summed E-state index contributed by atoms with van der Waals surface area (Å²) in [6, 6.07) is 7.74. The second-order valence-electron chi connectivity index (χ2n) is 12.5. The van der Waals surface area contributed by atoms with E-state index in [1.54, 1.807) is 13.0 Å². The summed E-state index contributed by atoms with van der Waals surface area (Å²) in [4.78, 5) is 58.5. The largest absolute Gasteiger partial charge is 0.451 e. The summed E-state index contributed by atoms with van der Waals surface area (Å²) in [6.07, 6.45) is 5.64. The van der Waals surface area contributed by atoms with E-state index in [-0.39, 0.29) is 30.2 Å². The Balaban J connectivity index is 1.36. The van der Waals surface area contributed by atoms with Gasteiger partial charge in [0, 0.05) is 17.8 Å². The molecule has 2 aliphatic heterocycles. The maximum absolute atomic E-state index is 13.8. The number of aliphatic hydroxyl groups excluding tert-OH is 1. The number of carbonyl (C=O) groups is 4. The van der Waals surface area contributed by atoms with Gasteiger partial charge in [-0.1, -0.05) is 30.4 Å². The molecular formula is C32H39N5O6. The Morgan fingerprint density at radius 1 is 0.977 bits per heavy atom. The van der Waals surface area contributed by atoms with Crippen LogP contribution >= 0.6 is 0 Å². The number of hydrogen-bond acceptors (Lipinski definition) is 8. The SMILES string of the molecule is C[C@@H]1NC(=O)C(C2CC2)OC(=O)C2(/C=C/c3ccc4ccc(nc4c3)[C@@H](C)NC(=O)[C@@H]3CCCN(N3)C1=O)CCC(O)C2. The summed E-state index contributed by atoms with van der Waals surface area (Å²) >= 11 is 0. The van der Waals surface area contributed by atoms with Gasteiger partial charge < -0.3 is 20.5 Å². The molecule has 1 spiro atoms. The first-order valence-electron chi connectivity index (χ1n) is 15.3. The second kappa shape index (κ2) is 11.7. The fourth-order valence-electron chi connectivity index (χ4n) is 6.31. The molecule has 4 aliphatic rings. The predicted octanol–water partition coefficient (Wildman–Crippen LogP) is 2.29. The standard InChI is InChI=1S/C32H39N5O6/c1-18-24-10-9-21-6-5-20(16-26(21)35-24)11-13-32(14-12-23(38)17-32)31(42)43-27(22-7-8-22)29(40)34-19(2)30(41)37-15-3-4-25(36-37)28(39)33-18/h5-6,9-11,13,16,18-19,22-23,25,27,36,38H,3-4,7-8,12,14-15,17H2,1-2H3,(H,33,39)(H,34,40)/b13-11+/t18-,19+,23?,25+,27?,32?/m1/s1. The Morgan fingerprint density at radius 2 is 1.74 bits per heavy atom. The van der Waals surface area contributed by atoms with Crippen molar-refractivity contribution in [3.8, 4) is 0 Å². The molecule has 3 amide bonds. The third-order valence-corrected chi connectivity index (χ3v) is 9.11. The maximum Gasteiger partial charge on any atom is 0.316 e. The third kappa shape index (κ3) is 6.14. The third-order valence-electron chi connectivity index (χ3n) is 9.11. The number of cyclic esters (lactones) is 1. The van der Waals surface area contributed by atoms with Crippen molar-refractivity contribution in [2.75, 3.05) is 6.54 Å². The minimum Gasteiger partial charge on any atom is -0.451 e. The highest BCUT2D eigenvalue weighted by molar-refractivity contribution is 5.92. The van der Waals surface area contributed by atoms with Gasteiger partial charge in [0.15, 0.2) is 6.10 Å². The first-order valence-corrected chi connectivity index (χ1v) is 15.3. The van der Waals surface area contributed by atoms with Crippen LogP contribution in [-0.2, 0) is 23.9 Å². The predicted molar refractivity (Wildman–Crippen MR) is 158 cm³/mol. The highest BCUT2D eigenvalue weighted by atomic mass is 16.6. The molecule has 1 saturated heterocycles. The first-order chi connectivity index (χ1) is 20.6. The van der Waals surface area contributed by atoms with Crippen LogP contribution in [0.1, 0.15) is 76.1 Å². The summed E-state index contributed by atoms with van der Waals surface area (Å²) in [5, 5.41) is 18.5. The van der Waals surface area contributed by atoms with Crippen LogP contribution in [0.3, 0.4) is 0 Å². The van der Waals surface area contributed by atoms with Crippen LogP contribution in [0.5, 0.6) is 0 Å². The molecule has 11 nitrogen and oxygen atoms in total. The van der Waals surface area contributed by atoms with Gasteiger partial charge in [0.25, 0.3) is 11.8 Å². The van der Waals surface area contributed by atoms with Gasteiger partial charge in [-0.3, -0.25) is 29.2 Å². The molecule has 2 saturated carbocycles. The molecule has 5 bridgehead atoms. The van der Waals surface area contributed by atoms with Crippen LogP contribution in [-0.4, -0.2) is 69.6 Å². The number of nitrogens with one attached hydrogen (secondary N) is 3. The molecule has 4 N–H and O–H groups in total. The summed E-state index contributed by atoms with van der Waals surface area (Å²) in [7, 11) is 0. The van der Waals surface area contributed by atoms with Crippen LogP contribution in [0.4, 0.5) is 0 Å². The van der Waals surface area contributed by atoms with Gasteiger partial charge in [-0.15, -0.1) is 0 Å².